The molecule has 1 saturated heterocycles. The van der Waals surface area contributed by atoms with Gasteiger partial charge in [-0.1, -0.05) is 24.6 Å². The van der Waals surface area contributed by atoms with Crippen molar-refractivity contribution < 1.29 is 27.1 Å². The number of hydrogen-bond donors (Lipinski definition) is 0. The van der Waals surface area contributed by atoms with E-state index in [2.05, 4.69) is 0 Å². The molecule has 7 nitrogen and oxygen atoms in total. The maximum Gasteiger partial charge on any atom is 0.338 e. The van der Waals surface area contributed by atoms with E-state index in [0.717, 1.165) is 19.3 Å². The Kier molecular flexibility index (Phi) is 7.86. The highest BCUT2D eigenvalue weighted by Crippen LogP contribution is 2.25. The van der Waals surface area contributed by atoms with Crippen LogP contribution in [0.3, 0.4) is 0 Å². The second-order valence-corrected chi connectivity index (χ2v) is 10.2. The van der Waals surface area contributed by atoms with Crippen molar-refractivity contribution >= 4 is 21.9 Å². The molecule has 2 aromatic carbocycles. The van der Waals surface area contributed by atoms with Crippen molar-refractivity contribution in [1.82, 2.24) is 9.21 Å². The number of carbonyl (C=O) groups excluding carboxylic acids is 2. The van der Waals surface area contributed by atoms with Crippen LogP contribution in [0.25, 0.3) is 0 Å². The van der Waals surface area contributed by atoms with Crippen LogP contribution in [-0.2, 0) is 26.1 Å². The van der Waals surface area contributed by atoms with Gasteiger partial charge < -0.3 is 9.64 Å². The fourth-order valence-electron chi connectivity index (χ4n) is 3.83. The average Bonchev–Trinajstić information content (AvgIpc) is 2.79. The lowest BCUT2D eigenvalue weighted by Crippen LogP contribution is -2.37. The number of aryl methyl sites for hydroxylation is 1. The van der Waals surface area contributed by atoms with Crippen molar-refractivity contribution in [1.29, 1.82) is 0 Å². The van der Waals surface area contributed by atoms with Crippen LogP contribution in [0.5, 0.6) is 0 Å². The van der Waals surface area contributed by atoms with Gasteiger partial charge in [0, 0.05) is 26.7 Å². The summed E-state index contributed by atoms with van der Waals surface area (Å²) in [5.41, 5.74) is 1.20. The van der Waals surface area contributed by atoms with E-state index < -0.39 is 33.8 Å². The van der Waals surface area contributed by atoms with E-state index in [1.807, 2.05) is 0 Å². The molecule has 9 heteroatoms. The summed E-state index contributed by atoms with van der Waals surface area (Å²) < 4.78 is 46.3. The molecule has 0 aliphatic carbocycles. The standard InChI is InChI=1S/C24H29FN2O5S/c1-17-10-11-20(15-22(17)33(30,31)27-12-5-4-6-13-27)24(29)32-18(2)23(28)26(3)16-19-8-7-9-21(25)14-19/h7-11,14-15,18H,4-6,12-13,16H2,1-3H3. The Hall–Kier alpha value is -2.78. The third-order valence-electron chi connectivity index (χ3n) is 5.67. The number of nitrogens with zero attached hydrogens (tertiary/aromatic N) is 2. The first kappa shape index (κ1) is 24.9. The molecule has 1 amide bonds. The van der Waals surface area contributed by atoms with Crippen LogP contribution in [-0.4, -0.2) is 55.7 Å². The molecular formula is C24H29FN2O5S. The SMILES string of the molecule is Cc1ccc(C(=O)OC(C)C(=O)N(C)Cc2cccc(F)c2)cc1S(=O)(=O)N1CCCCC1. The van der Waals surface area contributed by atoms with E-state index in [1.54, 1.807) is 25.1 Å². The Labute approximate surface area is 194 Å². The highest BCUT2D eigenvalue weighted by atomic mass is 32.2. The topological polar surface area (TPSA) is 84.0 Å². The highest BCUT2D eigenvalue weighted by molar-refractivity contribution is 7.89. The van der Waals surface area contributed by atoms with E-state index in [4.69, 9.17) is 4.74 Å². The lowest BCUT2D eigenvalue weighted by atomic mass is 10.1. The molecule has 2 aromatic rings. The zero-order valence-electron chi connectivity index (χ0n) is 19.1. The lowest BCUT2D eigenvalue weighted by Gasteiger charge is -2.26. The number of rotatable bonds is 7. The van der Waals surface area contributed by atoms with E-state index in [-0.39, 0.29) is 17.0 Å². The van der Waals surface area contributed by atoms with Gasteiger partial charge in [0.2, 0.25) is 10.0 Å². The fraction of sp³-hybridized carbons (Fsp3) is 0.417. The third-order valence-corrected chi connectivity index (χ3v) is 7.71. The normalized spacial score (nSPS) is 15.6. The molecule has 0 bridgehead atoms. The van der Waals surface area contributed by atoms with Crippen molar-refractivity contribution in [2.45, 2.75) is 50.7 Å². The summed E-state index contributed by atoms with van der Waals surface area (Å²) in [6.07, 6.45) is 1.52. The molecule has 0 N–H and O–H groups in total. The van der Waals surface area contributed by atoms with Gasteiger partial charge in [-0.2, -0.15) is 4.31 Å². The number of amides is 1. The van der Waals surface area contributed by atoms with E-state index in [1.165, 1.54) is 47.4 Å². The number of esters is 1. The van der Waals surface area contributed by atoms with Gasteiger partial charge in [0.05, 0.1) is 10.5 Å². The molecule has 33 heavy (non-hydrogen) atoms. The highest BCUT2D eigenvalue weighted by Gasteiger charge is 2.29. The first-order valence-corrected chi connectivity index (χ1v) is 12.3. The molecule has 178 valence electrons. The number of benzene rings is 2. The molecule has 3 rings (SSSR count). The number of piperidine rings is 1. The largest absolute Gasteiger partial charge is 0.449 e. The smallest absolute Gasteiger partial charge is 0.338 e. The molecule has 0 aromatic heterocycles. The van der Waals surface area contributed by atoms with Crippen LogP contribution in [0.1, 0.15) is 47.7 Å². The van der Waals surface area contributed by atoms with Gasteiger partial charge in [-0.15, -0.1) is 0 Å². The average molecular weight is 477 g/mol. The molecule has 1 unspecified atom stereocenters. The van der Waals surface area contributed by atoms with Crippen LogP contribution < -0.4 is 0 Å². The van der Waals surface area contributed by atoms with Crippen molar-refractivity contribution in [2.24, 2.45) is 0 Å². The van der Waals surface area contributed by atoms with Gasteiger partial charge >= 0.3 is 5.97 Å². The maximum atomic E-state index is 13.4. The van der Waals surface area contributed by atoms with Gasteiger partial charge in [0.15, 0.2) is 6.10 Å². The van der Waals surface area contributed by atoms with Crippen molar-refractivity contribution in [3.8, 4) is 0 Å². The van der Waals surface area contributed by atoms with Gasteiger partial charge in [-0.3, -0.25) is 4.79 Å². The minimum atomic E-state index is -3.73. The zero-order chi connectivity index (χ0) is 24.2. The van der Waals surface area contributed by atoms with Crippen molar-refractivity contribution in [3.05, 3.63) is 65.0 Å². The monoisotopic (exact) mass is 476 g/mol. The van der Waals surface area contributed by atoms with Crippen LogP contribution >= 0.6 is 0 Å². The summed E-state index contributed by atoms with van der Waals surface area (Å²) in [7, 11) is -2.19. The van der Waals surface area contributed by atoms with Crippen LogP contribution in [0.2, 0.25) is 0 Å². The first-order valence-electron chi connectivity index (χ1n) is 10.9. The van der Waals surface area contributed by atoms with Crippen LogP contribution in [0.4, 0.5) is 4.39 Å². The number of sulfonamides is 1. The Morgan fingerprint density at radius 2 is 1.82 bits per heavy atom. The molecule has 1 atom stereocenters. The number of halogens is 1. The van der Waals surface area contributed by atoms with Gasteiger partial charge in [0.25, 0.3) is 5.91 Å². The molecular weight excluding hydrogens is 447 g/mol. The summed E-state index contributed by atoms with van der Waals surface area (Å²) in [6, 6.07) is 10.3. The molecule has 1 aliphatic heterocycles. The van der Waals surface area contributed by atoms with Gasteiger partial charge in [-0.25, -0.2) is 17.6 Å². The minimum Gasteiger partial charge on any atom is -0.449 e. The molecule has 1 fully saturated rings. The molecule has 0 spiro atoms. The first-order chi connectivity index (χ1) is 15.6. The Morgan fingerprint density at radius 1 is 1.12 bits per heavy atom. The zero-order valence-corrected chi connectivity index (χ0v) is 19.9. The van der Waals surface area contributed by atoms with Crippen molar-refractivity contribution in [3.63, 3.8) is 0 Å². The second kappa shape index (κ2) is 10.4. The summed E-state index contributed by atoms with van der Waals surface area (Å²) in [5.74, 6) is -1.64. The molecule has 1 heterocycles. The van der Waals surface area contributed by atoms with Gasteiger partial charge in [-0.05, 0) is 62.1 Å². The predicted molar refractivity (Wildman–Crippen MR) is 122 cm³/mol. The van der Waals surface area contributed by atoms with E-state index in [9.17, 15) is 22.4 Å². The lowest BCUT2D eigenvalue weighted by molar-refractivity contribution is -0.139. The quantitative estimate of drug-likeness (QED) is 0.571. The second-order valence-electron chi connectivity index (χ2n) is 8.32. The number of carbonyl (C=O) groups is 2. The fourth-order valence-corrected chi connectivity index (χ4v) is 5.59. The summed E-state index contributed by atoms with van der Waals surface area (Å²) >= 11 is 0. The number of hydrogen-bond acceptors (Lipinski definition) is 5. The predicted octanol–water partition coefficient (Wildman–Crippen LogP) is 3.51. The third kappa shape index (κ3) is 5.97. The van der Waals surface area contributed by atoms with Crippen LogP contribution in [0.15, 0.2) is 47.4 Å². The Bertz CT molecular complexity index is 1130. The summed E-state index contributed by atoms with van der Waals surface area (Å²) in [6.45, 7) is 4.20. The minimum absolute atomic E-state index is 0.0589. The van der Waals surface area contributed by atoms with E-state index in [0.29, 0.717) is 24.2 Å². The van der Waals surface area contributed by atoms with Crippen LogP contribution in [0, 0.1) is 12.7 Å². The Morgan fingerprint density at radius 3 is 2.48 bits per heavy atom. The number of ether oxygens (including phenoxy) is 1. The van der Waals surface area contributed by atoms with E-state index >= 15 is 0 Å². The number of likely N-dealkylation sites (N-methyl/N-ethyl adjacent to an activating group) is 1. The molecule has 0 radical (unpaired) electrons. The molecule has 1 aliphatic rings. The molecule has 0 saturated carbocycles. The van der Waals surface area contributed by atoms with Crippen molar-refractivity contribution in [2.75, 3.05) is 20.1 Å². The van der Waals surface area contributed by atoms with Gasteiger partial charge in [0.1, 0.15) is 5.82 Å². The Balaban J connectivity index is 1.70. The summed E-state index contributed by atoms with van der Waals surface area (Å²) in [5, 5.41) is 0. The summed E-state index contributed by atoms with van der Waals surface area (Å²) in [4.78, 5) is 26.8. The maximum absolute atomic E-state index is 13.4.